The maximum atomic E-state index is 13.0. The molecule has 0 aliphatic carbocycles. The summed E-state index contributed by atoms with van der Waals surface area (Å²) in [5.74, 6) is -4.04. The third-order valence-electron chi connectivity index (χ3n) is 4.88. The van der Waals surface area contributed by atoms with E-state index in [0.717, 1.165) is 0 Å². The number of nitrogens with zero attached hydrogens (tertiary/aromatic N) is 1. The zero-order chi connectivity index (χ0) is 26.2. The van der Waals surface area contributed by atoms with Gasteiger partial charge in [0, 0.05) is 0 Å². The van der Waals surface area contributed by atoms with Crippen molar-refractivity contribution in [3.05, 3.63) is 59.7 Å². The normalized spacial score (nSPS) is 12.7. The number of alkyl halides is 3. The van der Waals surface area contributed by atoms with Gasteiger partial charge in [-0.1, -0.05) is 32.0 Å². The monoisotopic (exact) mass is 491 g/mol. The van der Waals surface area contributed by atoms with Gasteiger partial charge in [-0.15, -0.1) is 0 Å². The lowest BCUT2D eigenvalue weighted by atomic mass is 9.98. The number of ether oxygens (including phenoxy) is 2. The Bertz CT molecular complexity index is 1090. The zero-order valence-corrected chi connectivity index (χ0v) is 19.2. The molecule has 2 N–H and O–H groups in total. The van der Waals surface area contributed by atoms with Crippen LogP contribution in [0.4, 0.5) is 13.2 Å². The average Bonchev–Trinajstić information content (AvgIpc) is 2.83. The minimum Gasteiger partial charge on any atom is -0.497 e. The van der Waals surface area contributed by atoms with E-state index in [-0.39, 0.29) is 11.3 Å². The second kappa shape index (κ2) is 11.9. The Kier molecular flexibility index (Phi) is 9.22. The molecule has 2 unspecified atom stereocenters. The van der Waals surface area contributed by atoms with Gasteiger partial charge in [0.1, 0.15) is 17.5 Å². The van der Waals surface area contributed by atoms with E-state index in [2.05, 4.69) is 10.6 Å². The molecule has 0 aliphatic heterocycles. The number of nitriles is 1. The smallest absolute Gasteiger partial charge is 0.452 e. The van der Waals surface area contributed by atoms with Crippen molar-refractivity contribution in [3.63, 3.8) is 0 Å². The molecule has 0 fully saturated rings. The second-order valence-electron chi connectivity index (χ2n) is 7.79. The summed E-state index contributed by atoms with van der Waals surface area (Å²) in [6.07, 6.45) is -5.15. The Hall–Kier alpha value is -4.07. The molecule has 2 aromatic carbocycles. The zero-order valence-electron chi connectivity index (χ0n) is 19.2. The van der Waals surface area contributed by atoms with Crippen LogP contribution in [-0.4, -0.2) is 43.5 Å². The quantitative estimate of drug-likeness (QED) is 0.528. The van der Waals surface area contributed by atoms with E-state index in [9.17, 15) is 27.6 Å². The summed E-state index contributed by atoms with van der Waals surface area (Å²) in [5, 5.41) is 13.5. The van der Waals surface area contributed by atoms with Crippen LogP contribution in [0.5, 0.6) is 11.5 Å². The van der Waals surface area contributed by atoms with Crippen LogP contribution >= 0.6 is 0 Å². The van der Waals surface area contributed by atoms with Crippen LogP contribution < -0.4 is 20.1 Å². The van der Waals surface area contributed by atoms with Crippen molar-refractivity contribution in [3.8, 4) is 17.6 Å². The van der Waals surface area contributed by atoms with Crippen LogP contribution in [0.3, 0.4) is 0 Å². The van der Waals surface area contributed by atoms with Crippen LogP contribution in [0.1, 0.15) is 31.0 Å². The van der Waals surface area contributed by atoms with E-state index in [4.69, 9.17) is 14.7 Å². The number of halogens is 3. The fourth-order valence-electron chi connectivity index (χ4n) is 3.05. The molecule has 0 radical (unpaired) electrons. The van der Waals surface area contributed by atoms with Gasteiger partial charge in [-0.2, -0.15) is 18.4 Å². The molecule has 186 valence electrons. The van der Waals surface area contributed by atoms with Gasteiger partial charge in [0.2, 0.25) is 5.91 Å². The molecule has 8 nitrogen and oxygen atoms in total. The van der Waals surface area contributed by atoms with E-state index < -0.39 is 48.4 Å². The third-order valence-corrected chi connectivity index (χ3v) is 4.88. The van der Waals surface area contributed by atoms with E-state index in [1.165, 1.54) is 57.4 Å². The number of nitrogens with one attached hydrogen (secondary N) is 2. The third kappa shape index (κ3) is 7.74. The summed E-state index contributed by atoms with van der Waals surface area (Å²) in [6.45, 7) is 2.18. The molecule has 35 heavy (non-hydrogen) atoms. The van der Waals surface area contributed by atoms with E-state index in [0.29, 0.717) is 11.3 Å². The van der Waals surface area contributed by atoms with E-state index in [1.807, 2.05) is 6.07 Å². The summed E-state index contributed by atoms with van der Waals surface area (Å²) >= 11 is 0. The average molecular weight is 491 g/mol. The molecule has 2 atom stereocenters. The van der Waals surface area contributed by atoms with Gasteiger partial charge in [0.15, 0.2) is 6.61 Å². The van der Waals surface area contributed by atoms with Crippen molar-refractivity contribution in [2.75, 3.05) is 13.7 Å². The summed E-state index contributed by atoms with van der Waals surface area (Å²) in [6, 6.07) is 10.6. The first-order chi connectivity index (χ1) is 16.5. The van der Waals surface area contributed by atoms with Gasteiger partial charge in [-0.3, -0.25) is 14.4 Å². The van der Waals surface area contributed by atoms with Crippen LogP contribution in [0.2, 0.25) is 0 Å². The molecule has 2 rings (SSSR count). The largest absolute Gasteiger partial charge is 0.497 e. The molecule has 2 aromatic rings. The van der Waals surface area contributed by atoms with Crippen LogP contribution in [0, 0.1) is 17.2 Å². The van der Waals surface area contributed by atoms with Gasteiger partial charge in [-0.05, 0) is 41.8 Å². The Balaban J connectivity index is 2.23. The van der Waals surface area contributed by atoms with Crippen molar-refractivity contribution in [2.24, 2.45) is 5.92 Å². The van der Waals surface area contributed by atoms with Gasteiger partial charge < -0.3 is 20.1 Å². The second-order valence-corrected chi connectivity index (χ2v) is 7.79. The Morgan fingerprint density at radius 2 is 1.69 bits per heavy atom. The Morgan fingerprint density at radius 1 is 1.03 bits per heavy atom. The number of hydrogen-bond acceptors (Lipinski definition) is 6. The highest BCUT2D eigenvalue weighted by atomic mass is 19.4. The topological polar surface area (TPSA) is 118 Å². The minimum atomic E-state index is -5.15. The lowest BCUT2D eigenvalue weighted by molar-refractivity contribution is -0.175. The number of hydrogen-bond donors (Lipinski definition) is 2. The lowest BCUT2D eigenvalue weighted by Crippen LogP contribution is -2.53. The molecule has 0 saturated carbocycles. The summed E-state index contributed by atoms with van der Waals surface area (Å²) in [5.41, 5.74) is 0.553. The van der Waals surface area contributed by atoms with Crippen LogP contribution in [0.25, 0.3) is 0 Å². The van der Waals surface area contributed by atoms with Gasteiger partial charge in [0.25, 0.3) is 11.7 Å². The summed E-state index contributed by atoms with van der Waals surface area (Å²) in [4.78, 5) is 37.4. The maximum absolute atomic E-state index is 13.0. The first-order valence-corrected chi connectivity index (χ1v) is 10.4. The molecule has 0 aliphatic rings. The van der Waals surface area contributed by atoms with Crippen LogP contribution in [-0.2, 0) is 14.4 Å². The predicted molar refractivity (Wildman–Crippen MR) is 118 cm³/mol. The number of carbonyl (C=O) groups is 3. The summed E-state index contributed by atoms with van der Waals surface area (Å²) < 4.78 is 49.5. The van der Waals surface area contributed by atoms with Gasteiger partial charge >= 0.3 is 6.18 Å². The fourth-order valence-corrected chi connectivity index (χ4v) is 3.05. The Morgan fingerprint density at radius 3 is 2.23 bits per heavy atom. The number of ketones is 1. The number of rotatable bonds is 10. The first-order valence-electron chi connectivity index (χ1n) is 10.4. The van der Waals surface area contributed by atoms with Crippen molar-refractivity contribution in [1.82, 2.24) is 10.6 Å². The number of Topliss-reactive ketones (excluding diaryl/α,β-unsaturated/α-hetero) is 1. The Labute approximate surface area is 200 Å². The van der Waals surface area contributed by atoms with E-state index >= 15 is 0 Å². The van der Waals surface area contributed by atoms with Crippen molar-refractivity contribution >= 4 is 17.6 Å². The van der Waals surface area contributed by atoms with Crippen molar-refractivity contribution in [1.29, 1.82) is 5.26 Å². The van der Waals surface area contributed by atoms with Crippen molar-refractivity contribution in [2.45, 2.75) is 32.1 Å². The SMILES string of the molecule is COc1ccc(C(NC(=O)COc2cccc(C#N)c2)C(=O)NC(C(=O)C(F)(F)F)C(C)C)cc1. The van der Waals surface area contributed by atoms with Crippen LogP contribution in [0.15, 0.2) is 48.5 Å². The molecule has 2 amide bonds. The molecule has 0 saturated heterocycles. The molecule has 0 aromatic heterocycles. The lowest BCUT2D eigenvalue weighted by Gasteiger charge is -2.26. The number of benzene rings is 2. The highest BCUT2D eigenvalue weighted by molar-refractivity contribution is 5.95. The highest BCUT2D eigenvalue weighted by Gasteiger charge is 2.45. The van der Waals surface area contributed by atoms with Crippen molar-refractivity contribution < 1.29 is 37.0 Å². The van der Waals surface area contributed by atoms with Gasteiger partial charge in [0.05, 0.1) is 24.8 Å². The highest BCUT2D eigenvalue weighted by Crippen LogP contribution is 2.23. The number of methoxy groups -OCH3 is 1. The molecule has 11 heteroatoms. The number of amides is 2. The first kappa shape index (κ1) is 27.2. The maximum Gasteiger partial charge on any atom is 0.452 e. The molecule has 0 bridgehead atoms. The summed E-state index contributed by atoms with van der Waals surface area (Å²) in [7, 11) is 1.43. The molecule has 0 spiro atoms. The minimum absolute atomic E-state index is 0.236. The standard InChI is InChI=1S/C24H24F3N3O5/c1-14(2)20(22(32)24(25,26)27)30-23(33)21(16-7-9-17(34-3)10-8-16)29-19(31)13-35-18-6-4-5-15(11-18)12-28/h4-11,14,20-21H,13H2,1-3H3,(H,29,31)(H,30,33). The molecular formula is C24H24F3N3O5. The molecular weight excluding hydrogens is 467 g/mol. The predicted octanol–water partition coefficient (Wildman–Crippen LogP) is 3.08. The fraction of sp³-hybridized carbons (Fsp3) is 0.333. The van der Waals surface area contributed by atoms with E-state index in [1.54, 1.807) is 12.1 Å². The number of carbonyl (C=O) groups excluding carboxylic acids is 3. The molecule has 0 heterocycles. The van der Waals surface area contributed by atoms with Gasteiger partial charge in [-0.25, -0.2) is 0 Å².